The highest BCUT2D eigenvalue weighted by Gasteiger charge is 2.26. The quantitative estimate of drug-likeness (QED) is 0.846. The predicted molar refractivity (Wildman–Crippen MR) is 66.6 cm³/mol. The lowest BCUT2D eigenvalue weighted by atomic mass is 10.2. The van der Waals surface area contributed by atoms with Gasteiger partial charge in [-0.25, -0.2) is 4.79 Å². The summed E-state index contributed by atoms with van der Waals surface area (Å²) in [6.07, 6.45) is 3.63. The Balaban J connectivity index is 1.93. The fourth-order valence-corrected chi connectivity index (χ4v) is 3.11. The largest absolute Gasteiger partial charge is 0.477 e. The molecule has 4 nitrogen and oxygen atoms in total. The van der Waals surface area contributed by atoms with E-state index in [1.807, 2.05) is 11.4 Å². The summed E-state index contributed by atoms with van der Waals surface area (Å²) < 4.78 is 5.40. The number of thiophene rings is 1. The summed E-state index contributed by atoms with van der Waals surface area (Å²) in [5.41, 5.74) is 0.865. The van der Waals surface area contributed by atoms with Crippen molar-refractivity contribution in [3.05, 3.63) is 21.9 Å². The van der Waals surface area contributed by atoms with Gasteiger partial charge >= 0.3 is 5.97 Å². The van der Waals surface area contributed by atoms with Crippen LogP contribution in [0.15, 0.2) is 11.4 Å². The zero-order valence-corrected chi connectivity index (χ0v) is 10.6. The molecule has 94 valence electrons. The molecule has 1 aromatic rings. The first-order valence-electron chi connectivity index (χ1n) is 5.78. The number of nitrogens with one attached hydrogen (secondary N) is 1. The molecule has 1 heterocycles. The second-order valence-electron chi connectivity index (χ2n) is 4.27. The number of carboxylic acid groups (broad SMARTS) is 1. The van der Waals surface area contributed by atoms with Crippen LogP contribution in [0.3, 0.4) is 0 Å². The van der Waals surface area contributed by atoms with E-state index in [-0.39, 0.29) is 6.10 Å². The summed E-state index contributed by atoms with van der Waals surface area (Å²) in [7, 11) is 1.73. The summed E-state index contributed by atoms with van der Waals surface area (Å²) >= 11 is 1.28. The van der Waals surface area contributed by atoms with Crippen molar-refractivity contribution in [3.8, 4) is 0 Å². The molecule has 0 aliphatic heterocycles. The Hall–Kier alpha value is -0.910. The van der Waals surface area contributed by atoms with Crippen LogP contribution in [0.5, 0.6) is 0 Å². The highest BCUT2D eigenvalue weighted by atomic mass is 32.1. The number of hydrogen-bond acceptors (Lipinski definition) is 4. The van der Waals surface area contributed by atoms with Crippen molar-refractivity contribution in [3.63, 3.8) is 0 Å². The van der Waals surface area contributed by atoms with E-state index in [1.165, 1.54) is 17.8 Å². The van der Waals surface area contributed by atoms with Gasteiger partial charge in [0.15, 0.2) is 0 Å². The van der Waals surface area contributed by atoms with Gasteiger partial charge in [-0.1, -0.05) is 0 Å². The van der Waals surface area contributed by atoms with Gasteiger partial charge in [0.1, 0.15) is 4.88 Å². The van der Waals surface area contributed by atoms with Crippen molar-refractivity contribution < 1.29 is 14.6 Å². The van der Waals surface area contributed by atoms with E-state index >= 15 is 0 Å². The molecular formula is C12H17NO3S. The molecule has 2 unspecified atom stereocenters. The van der Waals surface area contributed by atoms with Crippen molar-refractivity contribution >= 4 is 17.3 Å². The van der Waals surface area contributed by atoms with Crippen LogP contribution in [-0.4, -0.2) is 30.3 Å². The zero-order chi connectivity index (χ0) is 12.3. The van der Waals surface area contributed by atoms with E-state index in [9.17, 15) is 4.79 Å². The van der Waals surface area contributed by atoms with Crippen molar-refractivity contribution in [2.45, 2.75) is 38.0 Å². The van der Waals surface area contributed by atoms with Crippen LogP contribution in [0, 0.1) is 0 Å². The molecule has 1 saturated carbocycles. The molecule has 5 heteroatoms. The summed E-state index contributed by atoms with van der Waals surface area (Å²) in [6, 6.07) is 2.22. The van der Waals surface area contributed by atoms with Crippen LogP contribution in [0.4, 0.5) is 0 Å². The lowest BCUT2D eigenvalue weighted by molar-refractivity contribution is 0.0700. The maximum Gasteiger partial charge on any atom is 0.346 e. The average Bonchev–Trinajstić information content (AvgIpc) is 2.94. The molecule has 1 fully saturated rings. The van der Waals surface area contributed by atoms with Gasteiger partial charge in [0.2, 0.25) is 0 Å². The van der Waals surface area contributed by atoms with Gasteiger partial charge in [0, 0.05) is 19.7 Å². The molecule has 17 heavy (non-hydrogen) atoms. The van der Waals surface area contributed by atoms with Crippen molar-refractivity contribution in [2.24, 2.45) is 0 Å². The summed E-state index contributed by atoms with van der Waals surface area (Å²) in [5, 5.41) is 14.2. The number of carboxylic acids is 1. The van der Waals surface area contributed by atoms with Crippen molar-refractivity contribution in [2.75, 3.05) is 7.11 Å². The highest BCUT2D eigenvalue weighted by Crippen LogP contribution is 2.23. The van der Waals surface area contributed by atoms with Crippen LogP contribution in [0.1, 0.15) is 34.5 Å². The van der Waals surface area contributed by atoms with Gasteiger partial charge in [0.25, 0.3) is 0 Å². The molecule has 1 aliphatic carbocycles. The highest BCUT2D eigenvalue weighted by molar-refractivity contribution is 7.12. The molecule has 0 bridgehead atoms. The number of methoxy groups -OCH3 is 1. The molecule has 0 amide bonds. The van der Waals surface area contributed by atoms with Crippen LogP contribution < -0.4 is 5.32 Å². The van der Waals surface area contributed by atoms with Gasteiger partial charge in [-0.15, -0.1) is 11.3 Å². The minimum Gasteiger partial charge on any atom is -0.477 e. The fraction of sp³-hybridized carbons (Fsp3) is 0.583. The maximum absolute atomic E-state index is 11.0. The molecule has 1 aromatic heterocycles. The molecule has 2 N–H and O–H groups in total. The second kappa shape index (κ2) is 5.62. The van der Waals surface area contributed by atoms with Gasteiger partial charge in [-0.2, -0.15) is 0 Å². The third kappa shape index (κ3) is 2.86. The summed E-state index contributed by atoms with van der Waals surface area (Å²) in [6.45, 7) is 0.607. The third-order valence-electron chi connectivity index (χ3n) is 3.25. The lowest BCUT2D eigenvalue weighted by Crippen LogP contribution is -2.36. The molecule has 1 aliphatic rings. The monoisotopic (exact) mass is 255 g/mol. The minimum atomic E-state index is -0.841. The van der Waals surface area contributed by atoms with Crippen LogP contribution in [0.2, 0.25) is 0 Å². The SMILES string of the molecule is COC1CCCC1NCc1ccsc1C(=O)O. The van der Waals surface area contributed by atoms with Crippen LogP contribution in [-0.2, 0) is 11.3 Å². The van der Waals surface area contributed by atoms with Crippen LogP contribution in [0.25, 0.3) is 0 Å². The van der Waals surface area contributed by atoms with Crippen molar-refractivity contribution in [1.82, 2.24) is 5.32 Å². The molecule has 0 radical (unpaired) electrons. The smallest absolute Gasteiger partial charge is 0.346 e. The Labute approximate surface area is 105 Å². The molecule has 0 aromatic carbocycles. The van der Waals surface area contributed by atoms with E-state index in [0.717, 1.165) is 18.4 Å². The molecular weight excluding hydrogens is 238 g/mol. The fourth-order valence-electron chi connectivity index (χ4n) is 2.35. The molecule has 0 saturated heterocycles. The topological polar surface area (TPSA) is 58.6 Å². The number of hydrogen-bond donors (Lipinski definition) is 2. The minimum absolute atomic E-state index is 0.266. The second-order valence-corrected chi connectivity index (χ2v) is 5.19. The van der Waals surface area contributed by atoms with E-state index in [1.54, 1.807) is 7.11 Å². The number of rotatable bonds is 5. The summed E-state index contributed by atoms with van der Waals surface area (Å²) in [4.78, 5) is 11.4. The van der Waals surface area contributed by atoms with Gasteiger partial charge in [0.05, 0.1) is 6.10 Å². The van der Waals surface area contributed by atoms with E-state index in [4.69, 9.17) is 9.84 Å². The van der Waals surface area contributed by atoms with E-state index in [2.05, 4.69) is 5.32 Å². The third-order valence-corrected chi connectivity index (χ3v) is 4.20. The number of ether oxygens (including phenoxy) is 1. The van der Waals surface area contributed by atoms with Gasteiger partial charge in [-0.05, 0) is 36.3 Å². The lowest BCUT2D eigenvalue weighted by Gasteiger charge is -2.19. The molecule has 2 atom stereocenters. The zero-order valence-electron chi connectivity index (χ0n) is 9.81. The standard InChI is InChI=1S/C12H17NO3S/c1-16-10-4-2-3-9(10)13-7-8-5-6-17-11(8)12(14)15/h5-6,9-10,13H,2-4,7H2,1H3,(H,14,15). The normalized spacial score (nSPS) is 24.1. The Kier molecular flexibility index (Phi) is 4.15. The Morgan fingerprint density at radius 3 is 3.18 bits per heavy atom. The predicted octanol–water partition coefficient (Wildman–Crippen LogP) is 2.10. The maximum atomic E-state index is 11.0. The first-order chi connectivity index (χ1) is 8.22. The van der Waals surface area contributed by atoms with Gasteiger partial charge in [-0.3, -0.25) is 0 Å². The van der Waals surface area contributed by atoms with Gasteiger partial charge < -0.3 is 15.2 Å². The Morgan fingerprint density at radius 2 is 2.47 bits per heavy atom. The first kappa shape index (κ1) is 12.5. The van der Waals surface area contributed by atoms with Crippen molar-refractivity contribution in [1.29, 1.82) is 0 Å². The Bertz CT molecular complexity index is 391. The number of aromatic carboxylic acids is 1. The first-order valence-corrected chi connectivity index (χ1v) is 6.66. The average molecular weight is 255 g/mol. The Morgan fingerprint density at radius 1 is 1.65 bits per heavy atom. The van der Waals surface area contributed by atoms with E-state index < -0.39 is 5.97 Å². The van der Waals surface area contributed by atoms with Crippen LogP contribution >= 0.6 is 11.3 Å². The number of carbonyl (C=O) groups is 1. The van der Waals surface area contributed by atoms with E-state index in [0.29, 0.717) is 17.5 Å². The molecule has 0 spiro atoms. The summed E-state index contributed by atoms with van der Waals surface area (Å²) in [5.74, 6) is -0.841. The molecule has 2 rings (SSSR count).